The van der Waals surface area contributed by atoms with E-state index in [9.17, 15) is 0 Å². The molecule has 1 heteroatoms. The van der Waals surface area contributed by atoms with Gasteiger partial charge in [-0.2, -0.15) is 0 Å². The maximum atomic E-state index is 5.64. The van der Waals surface area contributed by atoms with Gasteiger partial charge in [-0.05, 0) is 73.4 Å². The second kappa shape index (κ2) is 8.54. The van der Waals surface area contributed by atoms with Gasteiger partial charge in [0, 0.05) is 5.70 Å². The summed E-state index contributed by atoms with van der Waals surface area (Å²) in [5.41, 5.74) is 13.3. The molecule has 0 saturated carbocycles. The first-order valence-electron chi connectivity index (χ1n) is 8.68. The molecule has 0 aliphatic rings. The van der Waals surface area contributed by atoms with Crippen LogP contribution in [0, 0.1) is 19.8 Å². The summed E-state index contributed by atoms with van der Waals surface area (Å²) in [7, 11) is 0. The fraction of sp³-hybridized carbons (Fsp3) is 0.304. The molecule has 126 valence electrons. The zero-order valence-electron chi connectivity index (χ0n) is 15.3. The lowest BCUT2D eigenvalue weighted by molar-refractivity contribution is 0.723. The van der Waals surface area contributed by atoms with Crippen LogP contribution < -0.4 is 5.73 Å². The predicted octanol–water partition coefficient (Wildman–Crippen LogP) is 5.49. The van der Waals surface area contributed by atoms with Gasteiger partial charge in [-0.25, -0.2) is 0 Å². The normalized spacial score (nSPS) is 13.4. The Kier molecular flexibility index (Phi) is 6.43. The summed E-state index contributed by atoms with van der Waals surface area (Å²) < 4.78 is 0. The van der Waals surface area contributed by atoms with Crippen molar-refractivity contribution < 1.29 is 0 Å². The highest BCUT2D eigenvalue weighted by Gasteiger charge is 2.02. The third-order valence-corrected chi connectivity index (χ3v) is 4.36. The van der Waals surface area contributed by atoms with Crippen LogP contribution in [0.4, 0.5) is 0 Å². The lowest BCUT2D eigenvalue weighted by Crippen LogP contribution is -1.97. The summed E-state index contributed by atoms with van der Waals surface area (Å²) in [4.78, 5) is 0. The summed E-state index contributed by atoms with van der Waals surface area (Å²) in [5, 5.41) is 0. The largest absolute Gasteiger partial charge is 0.402 e. The van der Waals surface area contributed by atoms with E-state index < -0.39 is 0 Å². The lowest BCUT2D eigenvalue weighted by Gasteiger charge is -2.09. The van der Waals surface area contributed by atoms with Crippen LogP contribution in [0.2, 0.25) is 0 Å². The Bertz CT molecular complexity index is 716. The van der Waals surface area contributed by atoms with Gasteiger partial charge in [-0.15, -0.1) is 0 Å². The van der Waals surface area contributed by atoms with E-state index in [1.165, 1.54) is 27.8 Å². The van der Waals surface area contributed by atoms with Gasteiger partial charge in [0.15, 0.2) is 0 Å². The molecule has 1 atom stereocenters. The molecule has 0 amide bonds. The molecule has 1 nitrogen and oxygen atoms in total. The molecule has 0 heterocycles. The Morgan fingerprint density at radius 2 is 1.58 bits per heavy atom. The average Bonchev–Trinajstić information content (AvgIpc) is 2.52. The summed E-state index contributed by atoms with van der Waals surface area (Å²) in [6.07, 6.45) is 8.26. The molecule has 2 N–H and O–H groups in total. The van der Waals surface area contributed by atoms with Gasteiger partial charge in [0.2, 0.25) is 0 Å². The van der Waals surface area contributed by atoms with Crippen molar-refractivity contribution >= 4 is 0 Å². The number of benzene rings is 2. The van der Waals surface area contributed by atoms with Gasteiger partial charge >= 0.3 is 0 Å². The second-order valence-electron chi connectivity index (χ2n) is 6.89. The fourth-order valence-electron chi connectivity index (χ4n) is 2.78. The Balaban J connectivity index is 1.96. The van der Waals surface area contributed by atoms with Crippen molar-refractivity contribution in [2.24, 2.45) is 11.7 Å². The SMILES string of the molecule is C/C(N)=C\C=C/C(C)Cc1ccc(Cc2ccc(C)c(C)c2)cc1. The number of hydrogen-bond acceptors (Lipinski definition) is 1. The summed E-state index contributed by atoms with van der Waals surface area (Å²) in [6.45, 7) is 8.48. The molecule has 2 aromatic carbocycles. The molecule has 0 aromatic heterocycles. The molecule has 2 aromatic rings. The maximum absolute atomic E-state index is 5.64. The molecule has 0 spiro atoms. The van der Waals surface area contributed by atoms with E-state index in [2.05, 4.69) is 69.3 Å². The highest BCUT2D eigenvalue weighted by atomic mass is 14.5. The Hall–Kier alpha value is -2.28. The van der Waals surface area contributed by atoms with Gasteiger partial charge in [0.25, 0.3) is 0 Å². The fourth-order valence-corrected chi connectivity index (χ4v) is 2.78. The van der Waals surface area contributed by atoms with Crippen LogP contribution in [-0.2, 0) is 12.8 Å². The first-order chi connectivity index (χ1) is 11.4. The minimum absolute atomic E-state index is 0.506. The highest BCUT2D eigenvalue weighted by Crippen LogP contribution is 2.16. The van der Waals surface area contributed by atoms with Crippen molar-refractivity contribution in [2.75, 3.05) is 0 Å². The minimum atomic E-state index is 0.506. The van der Waals surface area contributed by atoms with Gasteiger partial charge in [-0.3, -0.25) is 0 Å². The monoisotopic (exact) mass is 319 g/mol. The number of rotatable bonds is 6. The second-order valence-corrected chi connectivity index (χ2v) is 6.89. The van der Waals surface area contributed by atoms with E-state index >= 15 is 0 Å². The van der Waals surface area contributed by atoms with Crippen LogP contribution in [0.25, 0.3) is 0 Å². The quantitative estimate of drug-likeness (QED) is 0.700. The van der Waals surface area contributed by atoms with Crippen LogP contribution in [-0.4, -0.2) is 0 Å². The lowest BCUT2D eigenvalue weighted by atomic mass is 9.97. The van der Waals surface area contributed by atoms with E-state index in [1.54, 1.807) is 0 Å². The van der Waals surface area contributed by atoms with Crippen molar-refractivity contribution in [3.05, 3.63) is 94.2 Å². The molecule has 0 radical (unpaired) electrons. The van der Waals surface area contributed by atoms with Gasteiger partial charge < -0.3 is 5.73 Å². The van der Waals surface area contributed by atoms with Crippen LogP contribution in [0.3, 0.4) is 0 Å². The predicted molar refractivity (Wildman–Crippen MR) is 105 cm³/mol. The maximum Gasteiger partial charge on any atom is 0.00487 e. The van der Waals surface area contributed by atoms with Crippen molar-refractivity contribution in [1.82, 2.24) is 0 Å². The van der Waals surface area contributed by atoms with Crippen molar-refractivity contribution in [3.8, 4) is 0 Å². The van der Waals surface area contributed by atoms with Crippen molar-refractivity contribution in [2.45, 2.75) is 40.5 Å². The van der Waals surface area contributed by atoms with Gasteiger partial charge in [0.05, 0.1) is 0 Å². The summed E-state index contributed by atoms with van der Waals surface area (Å²) in [5.74, 6) is 0.506. The van der Waals surface area contributed by atoms with Crippen LogP contribution >= 0.6 is 0 Å². The standard InChI is InChI=1S/C23H29N/c1-17(6-5-7-20(4)24)14-21-10-12-22(13-11-21)16-23-9-8-18(2)19(3)15-23/h5-13,15,17H,14,16,24H2,1-4H3/b6-5-,20-7+. The van der Waals surface area contributed by atoms with E-state index in [1.807, 2.05) is 19.1 Å². The highest BCUT2D eigenvalue weighted by molar-refractivity contribution is 5.34. The molecule has 2 rings (SSSR count). The topological polar surface area (TPSA) is 26.0 Å². The molecular weight excluding hydrogens is 290 g/mol. The first kappa shape index (κ1) is 18.1. The smallest absolute Gasteiger partial charge is 0.00487 e. The summed E-state index contributed by atoms with van der Waals surface area (Å²) >= 11 is 0. The molecule has 0 bridgehead atoms. The molecule has 24 heavy (non-hydrogen) atoms. The van der Waals surface area contributed by atoms with Crippen LogP contribution in [0.1, 0.15) is 41.7 Å². The van der Waals surface area contributed by atoms with Crippen molar-refractivity contribution in [1.29, 1.82) is 0 Å². The van der Waals surface area contributed by atoms with Gasteiger partial charge in [-0.1, -0.05) is 61.5 Å². The summed E-state index contributed by atoms with van der Waals surface area (Å²) in [6, 6.07) is 15.8. The van der Waals surface area contributed by atoms with Gasteiger partial charge in [0.1, 0.15) is 0 Å². The van der Waals surface area contributed by atoms with Crippen LogP contribution in [0.5, 0.6) is 0 Å². The first-order valence-corrected chi connectivity index (χ1v) is 8.68. The Labute approximate surface area is 146 Å². The number of allylic oxidation sites excluding steroid dienone is 4. The molecule has 1 unspecified atom stereocenters. The third-order valence-electron chi connectivity index (χ3n) is 4.36. The van der Waals surface area contributed by atoms with E-state index in [-0.39, 0.29) is 0 Å². The Morgan fingerprint density at radius 1 is 0.958 bits per heavy atom. The van der Waals surface area contributed by atoms with E-state index in [4.69, 9.17) is 5.73 Å². The third kappa shape index (κ3) is 5.73. The zero-order chi connectivity index (χ0) is 17.5. The molecular formula is C23H29N. The number of aryl methyl sites for hydroxylation is 2. The number of hydrogen-bond donors (Lipinski definition) is 1. The minimum Gasteiger partial charge on any atom is -0.402 e. The molecule has 0 fully saturated rings. The average molecular weight is 319 g/mol. The zero-order valence-corrected chi connectivity index (χ0v) is 15.3. The molecule has 0 aliphatic heterocycles. The molecule has 0 aliphatic carbocycles. The van der Waals surface area contributed by atoms with Crippen molar-refractivity contribution in [3.63, 3.8) is 0 Å². The Morgan fingerprint density at radius 3 is 2.21 bits per heavy atom. The molecule has 0 saturated heterocycles. The number of nitrogens with two attached hydrogens (primary N) is 1. The van der Waals surface area contributed by atoms with Crippen LogP contribution in [0.15, 0.2) is 66.4 Å². The van der Waals surface area contributed by atoms with E-state index in [0.29, 0.717) is 5.92 Å². The van der Waals surface area contributed by atoms with E-state index in [0.717, 1.165) is 18.5 Å².